The van der Waals surface area contributed by atoms with Gasteiger partial charge in [0.05, 0.1) is 8.07 Å². The van der Waals surface area contributed by atoms with Gasteiger partial charge in [0, 0.05) is 19.8 Å². The SMILES string of the molecule is CN(C)c1ccc([Si]23CCP(CC2)CC3)cc1. The van der Waals surface area contributed by atoms with Crippen LogP contribution in [0.5, 0.6) is 0 Å². The first kappa shape index (κ1) is 11.7. The Bertz CT molecular complexity index is 379. The zero-order chi connectivity index (χ0) is 11.9. The molecule has 1 aromatic rings. The minimum absolute atomic E-state index is 0.484. The van der Waals surface area contributed by atoms with Gasteiger partial charge in [-0.05, 0) is 48.8 Å². The molecule has 0 saturated carbocycles. The zero-order valence-corrected chi connectivity index (χ0v) is 12.8. The number of anilines is 1. The van der Waals surface area contributed by atoms with E-state index in [9.17, 15) is 0 Å². The topological polar surface area (TPSA) is 3.24 Å². The summed E-state index contributed by atoms with van der Waals surface area (Å²) in [4.78, 5) is 2.20. The van der Waals surface area contributed by atoms with Crippen molar-refractivity contribution in [3.05, 3.63) is 24.3 Å². The summed E-state index contributed by atoms with van der Waals surface area (Å²) >= 11 is 0. The first-order valence-corrected chi connectivity index (χ1v) is 11.2. The van der Waals surface area contributed by atoms with Crippen LogP contribution in [0.3, 0.4) is 0 Å². The van der Waals surface area contributed by atoms with E-state index in [1.807, 2.05) is 0 Å². The Balaban J connectivity index is 1.88. The molecular weight excluding hydrogens is 241 g/mol. The molecule has 1 aromatic carbocycles. The third-order valence-electron chi connectivity index (χ3n) is 4.72. The van der Waals surface area contributed by atoms with Crippen LogP contribution in [0.1, 0.15) is 0 Å². The van der Waals surface area contributed by atoms with Crippen molar-refractivity contribution in [3.8, 4) is 0 Å². The number of hydrogen-bond donors (Lipinski definition) is 0. The Kier molecular flexibility index (Phi) is 3.04. The van der Waals surface area contributed by atoms with Crippen molar-refractivity contribution in [1.29, 1.82) is 0 Å². The molecule has 3 aliphatic rings. The Labute approximate surface area is 107 Å². The number of rotatable bonds is 2. The third-order valence-corrected chi connectivity index (χ3v) is 13.7. The van der Waals surface area contributed by atoms with E-state index in [2.05, 4.69) is 43.3 Å². The molecule has 3 aliphatic heterocycles. The lowest BCUT2D eigenvalue weighted by atomic mass is 10.3. The summed E-state index contributed by atoms with van der Waals surface area (Å²) in [6, 6.07) is 14.3. The van der Waals surface area contributed by atoms with E-state index < -0.39 is 8.07 Å². The van der Waals surface area contributed by atoms with Gasteiger partial charge in [-0.15, -0.1) is 7.92 Å². The van der Waals surface area contributed by atoms with Crippen molar-refractivity contribution in [1.82, 2.24) is 0 Å². The highest BCUT2D eigenvalue weighted by Crippen LogP contribution is 2.53. The maximum absolute atomic E-state index is 2.44. The van der Waals surface area contributed by atoms with Crippen LogP contribution in [-0.2, 0) is 0 Å². The van der Waals surface area contributed by atoms with Gasteiger partial charge in [-0.1, -0.05) is 17.3 Å². The van der Waals surface area contributed by atoms with Gasteiger partial charge in [0.1, 0.15) is 0 Å². The maximum Gasteiger partial charge on any atom is 0.0877 e. The van der Waals surface area contributed by atoms with Gasteiger partial charge in [-0.2, -0.15) is 0 Å². The average molecular weight is 263 g/mol. The highest BCUT2D eigenvalue weighted by molar-refractivity contribution is 7.59. The highest BCUT2D eigenvalue weighted by Gasteiger charge is 2.43. The van der Waals surface area contributed by atoms with E-state index in [4.69, 9.17) is 0 Å². The van der Waals surface area contributed by atoms with E-state index >= 15 is 0 Å². The first-order chi connectivity index (χ1) is 8.20. The smallest absolute Gasteiger partial charge is 0.0877 e. The standard InChI is InChI=1S/C14H22NPSi/c1-15(2)13-3-5-14(6-4-13)17-10-7-16(8-11-17)9-12-17/h3-6H,7-12H2,1-2H3. The molecule has 2 bridgehead atoms. The van der Waals surface area contributed by atoms with Gasteiger partial charge >= 0.3 is 0 Å². The van der Waals surface area contributed by atoms with E-state index in [0.29, 0.717) is 7.92 Å². The van der Waals surface area contributed by atoms with Gasteiger partial charge in [0.15, 0.2) is 0 Å². The van der Waals surface area contributed by atoms with Gasteiger partial charge < -0.3 is 4.90 Å². The van der Waals surface area contributed by atoms with E-state index in [1.54, 1.807) is 41.8 Å². The summed E-state index contributed by atoms with van der Waals surface area (Å²) in [5.41, 5.74) is 1.34. The molecule has 3 saturated heterocycles. The van der Waals surface area contributed by atoms with Crippen LogP contribution in [0, 0.1) is 0 Å². The van der Waals surface area contributed by atoms with Crippen LogP contribution in [0.4, 0.5) is 5.69 Å². The second-order valence-corrected chi connectivity index (χ2v) is 13.1. The molecule has 4 rings (SSSR count). The van der Waals surface area contributed by atoms with Gasteiger partial charge in [0.25, 0.3) is 0 Å². The molecule has 0 spiro atoms. The average Bonchev–Trinajstić information content (AvgIpc) is 2.41. The number of fused-ring (bicyclic) bond motifs is 3. The van der Waals surface area contributed by atoms with Gasteiger partial charge in [0.2, 0.25) is 0 Å². The van der Waals surface area contributed by atoms with Crippen LogP contribution in [-0.4, -0.2) is 40.7 Å². The molecule has 92 valence electrons. The molecule has 17 heavy (non-hydrogen) atoms. The van der Waals surface area contributed by atoms with Crippen LogP contribution in [0.2, 0.25) is 18.1 Å². The first-order valence-electron chi connectivity index (χ1n) is 6.70. The molecule has 3 heteroatoms. The minimum Gasteiger partial charge on any atom is -0.378 e. The number of hydrogen-bond acceptors (Lipinski definition) is 1. The fourth-order valence-electron chi connectivity index (χ4n) is 3.37. The lowest BCUT2D eigenvalue weighted by molar-refractivity contribution is 1.10. The summed E-state index contributed by atoms with van der Waals surface area (Å²) in [6.07, 6.45) is 4.78. The Morgan fingerprint density at radius 3 is 1.94 bits per heavy atom. The quantitative estimate of drug-likeness (QED) is 0.586. The van der Waals surface area contributed by atoms with Gasteiger partial charge in [-0.25, -0.2) is 0 Å². The van der Waals surface area contributed by atoms with E-state index in [0.717, 1.165) is 0 Å². The molecule has 0 unspecified atom stereocenters. The molecule has 0 aromatic heterocycles. The molecule has 0 amide bonds. The second kappa shape index (κ2) is 4.40. The Morgan fingerprint density at radius 2 is 1.47 bits per heavy atom. The molecule has 0 N–H and O–H groups in total. The summed E-state index contributed by atoms with van der Waals surface area (Å²) in [7, 11) is 3.71. The molecule has 0 atom stereocenters. The Hall–Kier alpha value is -0.333. The predicted molar refractivity (Wildman–Crippen MR) is 82.1 cm³/mol. The van der Waals surface area contributed by atoms with Crippen molar-refractivity contribution >= 4 is 26.9 Å². The van der Waals surface area contributed by atoms with Gasteiger partial charge in [-0.3, -0.25) is 0 Å². The van der Waals surface area contributed by atoms with Crippen molar-refractivity contribution in [2.24, 2.45) is 0 Å². The van der Waals surface area contributed by atoms with Crippen LogP contribution < -0.4 is 10.1 Å². The molecule has 0 radical (unpaired) electrons. The van der Waals surface area contributed by atoms with Crippen molar-refractivity contribution in [3.63, 3.8) is 0 Å². The summed E-state index contributed by atoms with van der Waals surface area (Å²) in [5, 5.41) is 1.75. The minimum atomic E-state index is -1.03. The molecule has 3 fully saturated rings. The lowest BCUT2D eigenvalue weighted by Crippen LogP contribution is -2.53. The fraction of sp³-hybridized carbons (Fsp3) is 0.571. The highest BCUT2D eigenvalue weighted by atomic mass is 31.1. The van der Waals surface area contributed by atoms with Crippen LogP contribution in [0.25, 0.3) is 0 Å². The van der Waals surface area contributed by atoms with Crippen molar-refractivity contribution in [2.45, 2.75) is 18.1 Å². The monoisotopic (exact) mass is 263 g/mol. The molecule has 0 aliphatic carbocycles. The van der Waals surface area contributed by atoms with Crippen LogP contribution >= 0.6 is 7.92 Å². The summed E-state index contributed by atoms with van der Waals surface area (Å²) in [5.74, 6) is 0. The largest absolute Gasteiger partial charge is 0.378 e. The molecule has 1 nitrogen and oxygen atoms in total. The fourth-order valence-corrected chi connectivity index (χ4v) is 15.5. The normalized spacial score (nSPS) is 31.5. The third kappa shape index (κ3) is 2.06. The lowest BCUT2D eigenvalue weighted by Gasteiger charge is -2.45. The molecular formula is C14H22NPSi. The number of nitrogens with zero attached hydrogens (tertiary/aromatic N) is 1. The maximum atomic E-state index is 2.44. The predicted octanol–water partition coefficient (Wildman–Crippen LogP) is 2.92. The van der Waals surface area contributed by atoms with E-state index in [1.165, 1.54) is 5.69 Å². The number of benzene rings is 1. The summed E-state index contributed by atoms with van der Waals surface area (Å²) < 4.78 is 0. The Morgan fingerprint density at radius 1 is 0.941 bits per heavy atom. The van der Waals surface area contributed by atoms with Crippen LogP contribution in [0.15, 0.2) is 24.3 Å². The van der Waals surface area contributed by atoms with Crippen molar-refractivity contribution < 1.29 is 0 Å². The molecule has 3 heterocycles. The van der Waals surface area contributed by atoms with E-state index in [-0.39, 0.29) is 0 Å². The summed E-state index contributed by atoms with van der Waals surface area (Å²) in [6.45, 7) is 0. The zero-order valence-electron chi connectivity index (χ0n) is 10.9. The second-order valence-electron chi connectivity index (χ2n) is 5.81. The van der Waals surface area contributed by atoms with Crippen molar-refractivity contribution in [2.75, 3.05) is 37.5 Å².